The highest BCUT2D eigenvalue weighted by Gasteiger charge is 2.30. The number of hydrogen-bond acceptors (Lipinski definition) is 5. The molecule has 0 saturated carbocycles. The van der Waals surface area contributed by atoms with Crippen molar-refractivity contribution in [3.05, 3.63) is 59.7 Å². The molecule has 0 aromatic carbocycles. The van der Waals surface area contributed by atoms with E-state index in [1.54, 1.807) is 0 Å². The number of rotatable bonds is 9. The molecule has 1 amide bonds. The fourth-order valence-electron chi connectivity index (χ4n) is 6.19. The number of pyridine rings is 2. The zero-order chi connectivity index (χ0) is 26.7. The number of imidazole rings is 1. The minimum absolute atomic E-state index is 0.100. The number of aromatic nitrogens is 3. The van der Waals surface area contributed by atoms with Crippen LogP contribution in [-0.4, -0.2) is 56.1 Å². The van der Waals surface area contributed by atoms with Gasteiger partial charge in [-0.15, -0.1) is 0 Å². The van der Waals surface area contributed by atoms with E-state index in [-0.39, 0.29) is 17.5 Å². The molecule has 0 spiro atoms. The molecule has 8 heteroatoms. The number of hydrogen-bond donors (Lipinski definition) is 2. The van der Waals surface area contributed by atoms with Gasteiger partial charge in [-0.3, -0.25) is 14.3 Å². The number of carbonyl (C=O) groups is 1. The third-order valence-corrected chi connectivity index (χ3v) is 8.20. The highest BCUT2D eigenvalue weighted by Crippen LogP contribution is 2.34. The van der Waals surface area contributed by atoms with Crippen LogP contribution >= 0.6 is 0 Å². The smallest absolute Gasteiger partial charge is 0.404 e. The Morgan fingerprint density at radius 2 is 2.00 bits per heavy atom. The fourth-order valence-corrected chi connectivity index (χ4v) is 6.19. The van der Waals surface area contributed by atoms with E-state index in [1.807, 2.05) is 12.3 Å². The summed E-state index contributed by atoms with van der Waals surface area (Å²) in [6, 6.07) is 10.8. The van der Waals surface area contributed by atoms with E-state index in [9.17, 15) is 9.90 Å². The maximum atomic E-state index is 11.4. The molecule has 204 valence electrons. The van der Waals surface area contributed by atoms with Crippen LogP contribution in [-0.2, 0) is 13.0 Å². The lowest BCUT2D eigenvalue weighted by Crippen LogP contribution is -2.43. The van der Waals surface area contributed by atoms with Gasteiger partial charge in [-0.1, -0.05) is 32.9 Å². The average molecular weight is 519 g/mol. The predicted molar refractivity (Wildman–Crippen MR) is 151 cm³/mol. The van der Waals surface area contributed by atoms with Gasteiger partial charge in [0.2, 0.25) is 0 Å². The molecule has 4 heterocycles. The molecular weight excluding hydrogens is 476 g/mol. The summed E-state index contributed by atoms with van der Waals surface area (Å²) in [7, 11) is 0. The maximum absolute atomic E-state index is 11.4. The standard InChI is InChI=1S/C30H42N6O2/c1-30(2,3)25(33-29(37)38)13-9-19-35(24-12-6-10-22-11-8-16-31-28(22)24)20-23-21-36-26(32-23)14-7-15-27(36)34-17-4-5-18-34/h7-8,11,14-16,21,24-25,33H,4-6,9-10,12-13,17-20H2,1-3H3,(H,37,38). The lowest BCUT2D eigenvalue weighted by atomic mass is 9.84. The van der Waals surface area contributed by atoms with E-state index >= 15 is 0 Å². The van der Waals surface area contributed by atoms with Crippen LogP contribution < -0.4 is 10.2 Å². The number of nitrogens with zero attached hydrogens (tertiary/aromatic N) is 5. The molecule has 5 rings (SSSR count). The fraction of sp³-hybridized carbons (Fsp3) is 0.567. The normalized spacial score (nSPS) is 18.6. The topological polar surface area (TPSA) is 86.0 Å². The molecule has 1 aliphatic carbocycles. The van der Waals surface area contributed by atoms with Crippen LogP contribution in [0.2, 0.25) is 0 Å². The van der Waals surface area contributed by atoms with Crippen molar-refractivity contribution in [1.29, 1.82) is 0 Å². The summed E-state index contributed by atoms with van der Waals surface area (Å²) in [5.41, 5.74) is 4.45. The monoisotopic (exact) mass is 518 g/mol. The van der Waals surface area contributed by atoms with Crippen molar-refractivity contribution >= 4 is 17.6 Å². The van der Waals surface area contributed by atoms with Crippen molar-refractivity contribution in [3.63, 3.8) is 0 Å². The van der Waals surface area contributed by atoms with Crippen molar-refractivity contribution in [1.82, 2.24) is 24.6 Å². The van der Waals surface area contributed by atoms with Gasteiger partial charge in [0, 0.05) is 38.1 Å². The molecule has 2 N–H and O–H groups in total. The molecule has 2 unspecified atom stereocenters. The first-order chi connectivity index (χ1) is 18.3. The summed E-state index contributed by atoms with van der Waals surface area (Å²) in [4.78, 5) is 26.3. The minimum atomic E-state index is -0.953. The summed E-state index contributed by atoms with van der Waals surface area (Å²) in [6.45, 7) is 10.1. The summed E-state index contributed by atoms with van der Waals surface area (Å²) >= 11 is 0. The molecule has 38 heavy (non-hydrogen) atoms. The van der Waals surface area contributed by atoms with Crippen LogP contribution in [0, 0.1) is 5.41 Å². The van der Waals surface area contributed by atoms with Gasteiger partial charge in [-0.05, 0) is 80.7 Å². The van der Waals surface area contributed by atoms with Crippen LogP contribution in [0.4, 0.5) is 10.6 Å². The average Bonchev–Trinajstić information content (AvgIpc) is 3.56. The van der Waals surface area contributed by atoms with Gasteiger partial charge in [-0.25, -0.2) is 9.78 Å². The lowest BCUT2D eigenvalue weighted by Gasteiger charge is -2.36. The summed E-state index contributed by atoms with van der Waals surface area (Å²) in [6.07, 6.45) is 10.6. The van der Waals surface area contributed by atoms with Gasteiger partial charge in [0.1, 0.15) is 11.5 Å². The highest BCUT2D eigenvalue weighted by molar-refractivity contribution is 5.65. The predicted octanol–water partition coefficient (Wildman–Crippen LogP) is 5.67. The molecule has 8 nitrogen and oxygen atoms in total. The first kappa shape index (κ1) is 26.5. The van der Waals surface area contributed by atoms with E-state index < -0.39 is 6.09 Å². The van der Waals surface area contributed by atoms with Crippen molar-refractivity contribution < 1.29 is 9.90 Å². The van der Waals surface area contributed by atoms with Gasteiger partial charge >= 0.3 is 6.09 Å². The first-order valence-corrected chi connectivity index (χ1v) is 14.2. The van der Waals surface area contributed by atoms with E-state index in [4.69, 9.17) is 9.97 Å². The van der Waals surface area contributed by atoms with Crippen LogP contribution in [0.15, 0.2) is 42.7 Å². The lowest BCUT2D eigenvalue weighted by molar-refractivity contribution is 0.147. The first-order valence-electron chi connectivity index (χ1n) is 14.2. The minimum Gasteiger partial charge on any atom is -0.465 e. The maximum Gasteiger partial charge on any atom is 0.404 e. The Morgan fingerprint density at radius 3 is 2.76 bits per heavy atom. The van der Waals surface area contributed by atoms with Crippen molar-refractivity contribution in [3.8, 4) is 0 Å². The summed E-state index contributed by atoms with van der Waals surface area (Å²) < 4.78 is 2.25. The van der Waals surface area contributed by atoms with Crippen LogP contribution in [0.25, 0.3) is 5.65 Å². The molecule has 1 fully saturated rings. The number of fused-ring (bicyclic) bond motifs is 2. The molecule has 0 bridgehead atoms. The van der Waals surface area contributed by atoms with Gasteiger partial charge in [-0.2, -0.15) is 0 Å². The Labute approximate surface area is 226 Å². The quantitative estimate of drug-likeness (QED) is 0.380. The van der Waals surface area contributed by atoms with Crippen LogP contribution in [0.1, 0.15) is 82.3 Å². The Hall–Kier alpha value is -3.13. The molecule has 3 aromatic rings. The summed E-state index contributed by atoms with van der Waals surface area (Å²) in [5, 5.41) is 12.1. The molecule has 2 atom stereocenters. The van der Waals surface area contributed by atoms with Gasteiger partial charge in [0.15, 0.2) is 0 Å². The molecule has 2 aliphatic rings. The van der Waals surface area contributed by atoms with E-state index in [2.05, 4.69) is 70.8 Å². The highest BCUT2D eigenvalue weighted by atomic mass is 16.4. The molecule has 0 radical (unpaired) electrons. The Morgan fingerprint density at radius 1 is 1.18 bits per heavy atom. The van der Waals surface area contributed by atoms with E-state index in [1.165, 1.54) is 29.9 Å². The zero-order valence-electron chi connectivity index (χ0n) is 23.1. The number of amides is 1. The van der Waals surface area contributed by atoms with Crippen molar-refractivity contribution in [2.24, 2.45) is 5.41 Å². The largest absolute Gasteiger partial charge is 0.465 e. The second-order valence-electron chi connectivity index (χ2n) is 12.0. The second-order valence-corrected chi connectivity index (χ2v) is 12.0. The van der Waals surface area contributed by atoms with Crippen LogP contribution in [0.5, 0.6) is 0 Å². The number of anilines is 1. The second kappa shape index (κ2) is 11.3. The Kier molecular flexibility index (Phi) is 7.88. The van der Waals surface area contributed by atoms with Gasteiger partial charge in [0.25, 0.3) is 0 Å². The number of nitrogens with one attached hydrogen (secondary N) is 1. The van der Waals surface area contributed by atoms with Gasteiger partial charge < -0.3 is 15.3 Å². The van der Waals surface area contributed by atoms with E-state index in [0.717, 1.165) is 69.6 Å². The Balaban J connectivity index is 1.39. The van der Waals surface area contributed by atoms with Crippen molar-refractivity contribution in [2.75, 3.05) is 24.5 Å². The SMILES string of the molecule is CC(C)(C)C(CCCN(Cc1cn2c(N3CCCC3)cccc2n1)C1CCCc2cccnc21)NC(=O)O. The van der Waals surface area contributed by atoms with Crippen molar-refractivity contribution in [2.45, 2.75) is 84.3 Å². The third kappa shape index (κ3) is 5.96. The molecular formula is C30H42N6O2. The summed E-state index contributed by atoms with van der Waals surface area (Å²) in [5.74, 6) is 1.22. The third-order valence-electron chi connectivity index (χ3n) is 8.20. The number of aryl methyl sites for hydroxylation is 1. The van der Waals surface area contributed by atoms with Crippen LogP contribution in [0.3, 0.4) is 0 Å². The number of carboxylic acid groups (broad SMARTS) is 1. The zero-order valence-corrected chi connectivity index (χ0v) is 23.1. The molecule has 1 saturated heterocycles. The van der Waals surface area contributed by atoms with E-state index in [0.29, 0.717) is 0 Å². The van der Waals surface area contributed by atoms with Gasteiger partial charge in [0.05, 0.1) is 17.4 Å². The Bertz CT molecular complexity index is 1240. The molecule has 3 aromatic heterocycles. The molecule has 1 aliphatic heterocycles.